The maximum absolute atomic E-state index is 12.1. The van der Waals surface area contributed by atoms with Gasteiger partial charge in [-0.25, -0.2) is 4.98 Å². The molecule has 0 aliphatic carbocycles. The lowest BCUT2D eigenvalue weighted by Gasteiger charge is -2.35. The van der Waals surface area contributed by atoms with E-state index in [1.165, 1.54) is 0 Å². The minimum Gasteiger partial charge on any atom is -0.345 e. The number of rotatable bonds is 3. The Morgan fingerprint density at radius 2 is 2.16 bits per heavy atom. The molecule has 1 aromatic rings. The summed E-state index contributed by atoms with van der Waals surface area (Å²) < 4.78 is 0. The number of nitrogens with zero attached hydrogens (tertiary/aromatic N) is 4. The van der Waals surface area contributed by atoms with E-state index >= 15 is 0 Å². The number of thiazole rings is 1. The number of carbonyl (C=O) groups excluding carboxylic acids is 1. The fourth-order valence-electron chi connectivity index (χ4n) is 2.05. The van der Waals surface area contributed by atoms with Crippen LogP contribution in [0.25, 0.3) is 0 Å². The summed E-state index contributed by atoms with van der Waals surface area (Å²) in [5, 5.41) is 12.0. The highest BCUT2D eigenvalue weighted by molar-refractivity contribution is 7.13. The number of aromatic nitrogens is 1. The summed E-state index contributed by atoms with van der Waals surface area (Å²) in [4.78, 5) is 20.4. The van der Waals surface area contributed by atoms with Gasteiger partial charge in [0, 0.05) is 44.2 Å². The van der Waals surface area contributed by atoms with E-state index in [0.717, 1.165) is 18.2 Å². The van der Waals surface area contributed by atoms with E-state index < -0.39 is 5.41 Å². The van der Waals surface area contributed by atoms with E-state index in [2.05, 4.69) is 16.0 Å². The Morgan fingerprint density at radius 3 is 2.68 bits per heavy atom. The van der Waals surface area contributed by atoms with Crippen LogP contribution < -0.4 is 4.90 Å². The van der Waals surface area contributed by atoms with Crippen molar-refractivity contribution >= 4 is 22.4 Å². The first-order valence-electron chi connectivity index (χ1n) is 6.35. The molecule has 0 bridgehead atoms. The van der Waals surface area contributed by atoms with E-state index in [9.17, 15) is 4.79 Å². The second-order valence-corrected chi connectivity index (χ2v) is 6.23. The van der Waals surface area contributed by atoms with E-state index in [-0.39, 0.29) is 5.91 Å². The number of anilines is 1. The van der Waals surface area contributed by atoms with Crippen LogP contribution in [0.4, 0.5) is 5.13 Å². The molecule has 0 N–H and O–H groups in total. The summed E-state index contributed by atoms with van der Waals surface area (Å²) in [6.07, 6.45) is 2.09. The summed E-state index contributed by atoms with van der Waals surface area (Å²) in [5.41, 5.74) is -0.580. The molecule has 1 amide bonds. The molecule has 1 aliphatic rings. The van der Waals surface area contributed by atoms with Gasteiger partial charge in [0.05, 0.1) is 11.5 Å². The predicted molar refractivity (Wildman–Crippen MR) is 74.9 cm³/mol. The topological polar surface area (TPSA) is 60.2 Å². The number of carbonyl (C=O) groups is 1. The van der Waals surface area contributed by atoms with E-state index in [0.29, 0.717) is 19.5 Å². The summed E-state index contributed by atoms with van der Waals surface area (Å²) >= 11 is 1.62. The molecule has 19 heavy (non-hydrogen) atoms. The normalized spacial score (nSPS) is 16.3. The number of hydrogen-bond donors (Lipinski definition) is 0. The molecule has 0 spiro atoms. The van der Waals surface area contributed by atoms with Gasteiger partial charge in [0.25, 0.3) is 0 Å². The summed E-state index contributed by atoms with van der Waals surface area (Å²) in [7, 11) is 0. The quantitative estimate of drug-likeness (QED) is 0.845. The third-order valence-corrected chi connectivity index (χ3v) is 4.05. The fourth-order valence-corrected chi connectivity index (χ4v) is 2.75. The Bertz CT molecular complexity index is 469. The maximum atomic E-state index is 12.1. The van der Waals surface area contributed by atoms with E-state index in [1.54, 1.807) is 31.4 Å². The van der Waals surface area contributed by atoms with Gasteiger partial charge in [-0.3, -0.25) is 4.79 Å². The molecule has 1 aliphatic heterocycles. The molecule has 1 saturated heterocycles. The SMILES string of the molecule is CC(C)(C#N)CC(=O)N1CCN(c2nccs2)CC1. The minimum absolute atomic E-state index is 0.0744. The zero-order chi connectivity index (χ0) is 13.9. The Morgan fingerprint density at radius 1 is 1.47 bits per heavy atom. The molecule has 0 saturated carbocycles. The van der Waals surface area contributed by atoms with Gasteiger partial charge in [0.2, 0.25) is 5.91 Å². The molecule has 0 atom stereocenters. The van der Waals surface area contributed by atoms with Crippen molar-refractivity contribution in [2.75, 3.05) is 31.1 Å². The van der Waals surface area contributed by atoms with Crippen molar-refractivity contribution in [2.24, 2.45) is 5.41 Å². The molecular formula is C13H18N4OS. The maximum Gasteiger partial charge on any atom is 0.224 e. The summed E-state index contributed by atoms with van der Waals surface area (Å²) in [5.74, 6) is 0.0744. The monoisotopic (exact) mass is 278 g/mol. The summed E-state index contributed by atoms with van der Waals surface area (Å²) in [6.45, 7) is 6.64. The minimum atomic E-state index is -0.580. The van der Waals surface area contributed by atoms with Gasteiger partial charge in [-0.05, 0) is 13.8 Å². The Balaban J connectivity index is 1.87. The van der Waals surface area contributed by atoms with Crippen molar-refractivity contribution in [1.29, 1.82) is 5.26 Å². The van der Waals surface area contributed by atoms with Gasteiger partial charge in [-0.2, -0.15) is 5.26 Å². The van der Waals surface area contributed by atoms with Gasteiger partial charge in [-0.1, -0.05) is 0 Å². The molecule has 5 nitrogen and oxygen atoms in total. The second kappa shape index (κ2) is 5.57. The van der Waals surface area contributed by atoms with Crippen LogP contribution in [-0.4, -0.2) is 42.0 Å². The average Bonchev–Trinajstić information content (AvgIpc) is 2.92. The van der Waals surface area contributed by atoms with Crippen molar-refractivity contribution in [2.45, 2.75) is 20.3 Å². The van der Waals surface area contributed by atoms with Gasteiger partial charge in [0.1, 0.15) is 0 Å². The highest BCUT2D eigenvalue weighted by Gasteiger charge is 2.27. The van der Waals surface area contributed by atoms with Gasteiger partial charge >= 0.3 is 0 Å². The second-order valence-electron chi connectivity index (χ2n) is 5.35. The number of piperazine rings is 1. The molecule has 0 aromatic carbocycles. The van der Waals surface area contributed by atoms with Crippen molar-refractivity contribution in [3.8, 4) is 6.07 Å². The van der Waals surface area contributed by atoms with Gasteiger partial charge < -0.3 is 9.80 Å². The van der Waals surface area contributed by atoms with Crippen LogP contribution in [0.2, 0.25) is 0 Å². The lowest BCUT2D eigenvalue weighted by atomic mass is 9.91. The third-order valence-electron chi connectivity index (χ3n) is 3.22. The van der Waals surface area contributed by atoms with Crippen molar-refractivity contribution in [1.82, 2.24) is 9.88 Å². The van der Waals surface area contributed by atoms with Crippen LogP contribution in [0.15, 0.2) is 11.6 Å². The standard InChI is InChI=1S/C13H18N4OS/c1-13(2,10-14)9-11(18)16-4-6-17(7-5-16)12-15-3-8-19-12/h3,8H,4-7,9H2,1-2H3. The molecular weight excluding hydrogens is 260 g/mol. The largest absolute Gasteiger partial charge is 0.345 e. The average molecular weight is 278 g/mol. The Kier molecular flexibility index (Phi) is 4.05. The van der Waals surface area contributed by atoms with Crippen molar-refractivity contribution < 1.29 is 4.79 Å². The van der Waals surface area contributed by atoms with Crippen molar-refractivity contribution in [3.63, 3.8) is 0 Å². The molecule has 0 radical (unpaired) electrons. The number of hydrogen-bond acceptors (Lipinski definition) is 5. The van der Waals surface area contributed by atoms with Crippen LogP contribution in [-0.2, 0) is 4.79 Å². The summed E-state index contributed by atoms with van der Waals surface area (Å²) in [6, 6.07) is 2.18. The zero-order valence-corrected chi connectivity index (χ0v) is 12.1. The predicted octanol–water partition coefficient (Wildman–Crippen LogP) is 1.73. The lowest BCUT2D eigenvalue weighted by Crippen LogP contribution is -2.49. The molecule has 102 valence electrons. The van der Waals surface area contributed by atoms with E-state index in [1.807, 2.05) is 10.3 Å². The Hall–Kier alpha value is -1.61. The number of amides is 1. The highest BCUT2D eigenvalue weighted by Crippen LogP contribution is 2.22. The van der Waals surface area contributed by atoms with Gasteiger partial charge in [0.15, 0.2) is 5.13 Å². The van der Waals surface area contributed by atoms with Crippen molar-refractivity contribution in [3.05, 3.63) is 11.6 Å². The molecule has 2 rings (SSSR count). The first kappa shape index (κ1) is 13.8. The smallest absolute Gasteiger partial charge is 0.224 e. The number of nitriles is 1. The van der Waals surface area contributed by atoms with Crippen LogP contribution in [0.5, 0.6) is 0 Å². The molecule has 2 heterocycles. The Labute approximate surface area is 117 Å². The van der Waals surface area contributed by atoms with Crippen LogP contribution in [0.3, 0.4) is 0 Å². The fraction of sp³-hybridized carbons (Fsp3) is 0.615. The molecule has 6 heteroatoms. The molecule has 0 unspecified atom stereocenters. The van der Waals surface area contributed by atoms with Crippen LogP contribution >= 0.6 is 11.3 Å². The molecule has 1 aromatic heterocycles. The van der Waals surface area contributed by atoms with E-state index in [4.69, 9.17) is 5.26 Å². The first-order chi connectivity index (χ1) is 9.02. The van der Waals surface area contributed by atoms with Crippen LogP contribution in [0.1, 0.15) is 20.3 Å². The highest BCUT2D eigenvalue weighted by atomic mass is 32.1. The molecule has 1 fully saturated rings. The van der Waals surface area contributed by atoms with Gasteiger partial charge in [-0.15, -0.1) is 11.3 Å². The zero-order valence-electron chi connectivity index (χ0n) is 11.3. The lowest BCUT2D eigenvalue weighted by molar-refractivity contribution is -0.132. The third kappa shape index (κ3) is 3.44. The first-order valence-corrected chi connectivity index (χ1v) is 7.23. The van der Waals surface area contributed by atoms with Crippen LogP contribution in [0, 0.1) is 16.7 Å².